The van der Waals surface area contributed by atoms with Crippen LogP contribution in [0.3, 0.4) is 0 Å². The molecule has 1 amide bonds. The van der Waals surface area contributed by atoms with Crippen LogP contribution in [0.5, 0.6) is 0 Å². The minimum absolute atomic E-state index is 0.469. The van der Waals surface area contributed by atoms with Gasteiger partial charge < -0.3 is 5.32 Å². The largest absolute Gasteiger partial charge is 0.418 e. The molecule has 1 N–H and O–H groups in total. The van der Waals surface area contributed by atoms with E-state index < -0.39 is 28.7 Å². The Balaban J connectivity index is 5.05. The maximum Gasteiger partial charge on any atom is 0.418 e. The van der Waals surface area contributed by atoms with Crippen LogP contribution in [0, 0.1) is 0 Å². The zero-order valence-corrected chi connectivity index (χ0v) is 9.12. The summed E-state index contributed by atoms with van der Waals surface area (Å²) in [6.07, 6.45) is -4.80. The van der Waals surface area contributed by atoms with Gasteiger partial charge in [-0.1, -0.05) is 15.9 Å². The highest BCUT2D eigenvalue weighted by molar-refractivity contribution is 9.09. The van der Waals surface area contributed by atoms with Gasteiger partial charge in [-0.2, -0.15) is 13.2 Å². The molecule has 82 valence electrons. The third-order valence-corrected chi connectivity index (χ3v) is 2.18. The van der Waals surface area contributed by atoms with E-state index in [-0.39, 0.29) is 0 Å². The monoisotopic (exact) mass is 275 g/mol. The molecule has 0 aromatic rings. The molecule has 14 heavy (non-hydrogen) atoms. The summed E-state index contributed by atoms with van der Waals surface area (Å²) < 4.78 is 37.3. The van der Waals surface area contributed by atoms with Gasteiger partial charge in [-0.25, -0.2) is 0 Å². The lowest BCUT2D eigenvalue weighted by atomic mass is 9.96. The molecule has 0 aliphatic rings. The van der Waals surface area contributed by atoms with Crippen molar-refractivity contribution in [2.24, 2.45) is 0 Å². The van der Waals surface area contributed by atoms with Gasteiger partial charge in [0.25, 0.3) is 0 Å². The molecule has 0 spiro atoms. The summed E-state index contributed by atoms with van der Waals surface area (Å²) in [7, 11) is 0. The normalized spacial score (nSPS) is 15.9. The fraction of sp³-hybridized carbons (Fsp3) is 0.714. The number of halogens is 4. The summed E-state index contributed by atoms with van der Waals surface area (Å²) in [5, 5.41) is 1.13. The molecule has 0 bridgehead atoms. The van der Waals surface area contributed by atoms with Crippen LogP contribution in [-0.4, -0.2) is 28.7 Å². The summed E-state index contributed by atoms with van der Waals surface area (Å²) in [6, 6.07) is 0. The molecule has 1 atom stereocenters. The van der Waals surface area contributed by atoms with Crippen molar-refractivity contribution in [1.29, 1.82) is 0 Å². The number of Topliss-reactive ketones (excluding diaryl/α,β-unsaturated/α-hetero) is 1. The lowest BCUT2D eigenvalue weighted by molar-refractivity contribution is -0.194. The second-order valence-electron chi connectivity index (χ2n) is 2.86. The number of alkyl halides is 4. The van der Waals surface area contributed by atoms with E-state index >= 15 is 0 Å². The molecular weight excluding hydrogens is 267 g/mol. The third kappa shape index (κ3) is 2.70. The zero-order chi connectivity index (χ0) is 11.6. The van der Waals surface area contributed by atoms with Crippen molar-refractivity contribution in [3.63, 3.8) is 0 Å². The molecule has 0 aromatic carbocycles. The van der Waals surface area contributed by atoms with Crippen LogP contribution < -0.4 is 5.32 Å². The molecule has 3 nitrogen and oxygen atoms in total. The van der Waals surface area contributed by atoms with Gasteiger partial charge in [-0.15, -0.1) is 0 Å². The van der Waals surface area contributed by atoms with Crippen molar-refractivity contribution in [3.8, 4) is 0 Å². The molecular formula is C7H9BrF3NO2. The summed E-state index contributed by atoms with van der Waals surface area (Å²) >= 11 is 2.63. The Morgan fingerprint density at radius 1 is 1.36 bits per heavy atom. The average Bonchev–Trinajstić information content (AvgIpc) is 1.99. The SMILES string of the molecule is CC(=O)NC(C)(C(=O)CBr)C(F)(F)F. The molecule has 1 unspecified atom stereocenters. The van der Waals surface area contributed by atoms with E-state index in [4.69, 9.17) is 0 Å². The summed E-state index contributed by atoms with van der Waals surface area (Å²) in [6.45, 7) is 1.56. The van der Waals surface area contributed by atoms with E-state index in [2.05, 4.69) is 15.9 Å². The first-order valence-electron chi connectivity index (χ1n) is 3.60. The highest BCUT2D eigenvalue weighted by Gasteiger charge is 2.56. The van der Waals surface area contributed by atoms with Crippen LogP contribution in [0.2, 0.25) is 0 Å². The first-order valence-corrected chi connectivity index (χ1v) is 4.72. The van der Waals surface area contributed by atoms with Crippen molar-refractivity contribution in [2.75, 3.05) is 5.33 Å². The van der Waals surface area contributed by atoms with Crippen LogP contribution in [0.1, 0.15) is 13.8 Å². The quantitative estimate of drug-likeness (QED) is 0.792. The number of carbonyl (C=O) groups is 2. The molecule has 7 heteroatoms. The van der Waals surface area contributed by atoms with Gasteiger partial charge in [-0.05, 0) is 6.92 Å². The highest BCUT2D eigenvalue weighted by Crippen LogP contribution is 2.31. The van der Waals surface area contributed by atoms with E-state index in [0.717, 1.165) is 6.92 Å². The van der Waals surface area contributed by atoms with Crippen LogP contribution in [0.15, 0.2) is 0 Å². The van der Waals surface area contributed by atoms with E-state index in [9.17, 15) is 22.8 Å². The molecule has 0 saturated carbocycles. The topological polar surface area (TPSA) is 46.2 Å². The van der Waals surface area contributed by atoms with Crippen molar-refractivity contribution in [1.82, 2.24) is 5.32 Å². The Bertz CT molecular complexity index is 254. The molecule has 0 radical (unpaired) electrons. The van der Waals surface area contributed by atoms with Gasteiger partial charge in [0.15, 0.2) is 11.3 Å². The summed E-state index contributed by atoms with van der Waals surface area (Å²) in [4.78, 5) is 21.6. The minimum Gasteiger partial charge on any atom is -0.336 e. The Hall–Kier alpha value is -0.590. The summed E-state index contributed by atoms with van der Waals surface area (Å²) in [5.41, 5.74) is -2.82. The predicted molar refractivity (Wildman–Crippen MR) is 47.1 cm³/mol. The Labute approximate surface area is 87.2 Å². The van der Waals surface area contributed by atoms with E-state index in [1.807, 2.05) is 0 Å². The van der Waals surface area contributed by atoms with Crippen LogP contribution >= 0.6 is 15.9 Å². The summed E-state index contributed by atoms with van der Waals surface area (Å²) in [5.74, 6) is -2.04. The van der Waals surface area contributed by atoms with Gasteiger partial charge in [0.2, 0.25) is 5.91 Å². The van der Waals surface area contributed by atoms with Crippen LogP contribution in [0.4, 0.5) is 13.2 Å². The van der Waals surface area contributed by atoms with Gasteiger partial charge in [0.1, 0.15) is 0 Å². The van der Waals surface area contributed by atoms with Gasteiger partial charge in [-0.3, -0.25) is 9.59 Å². The van der Waals surface area contributed by atoms with Crippen LogP contribution in [0.25, 0.3) is 0 Å². The molecule has 0 aromatic heterocycles. The standard InChI is InChI=1S/C7H9BrF3NO2/c1-4(13)12-6(2,5(14)3-8)7(9,10)11/h3H2,1-2H3,(H,12,13). The van der Waals surface area contributed by atoms with Crippen molar-refractivity contribution < 1.29 is 22.8 Å². The number of rotatable bonds is 3. The zero-order valence-electron chi connectivity index (χ0n) is 7.54. The highest BCUT2D eigenvalue weighted by atomic mass is 79.9. The fourth-order valence-corrected chi connectivity index (χ4v) is 1.35. The lowest BCUT2D eigenvalue weighted by Gasteiger charge is -2.30. The number of hydrogen-bond donors (Lipinski definition) is 1. The third-order valence-electron chi connectivity index (χ3n) is 1.67. The average molecular weight is 276 g/mol. The van der Waals surface area contributed by atoms with Gasteiger partial charge in [0.05, 0.1) is 5.33 Å². The maximum absolute atomic E-state index is 12.4. The lowest BCUT2D eigenvalue weighted by Crippen LogP contribution is -2.61. The van der Waals surface area contributed by atoms with Gasteiger partial charge in [0, 0.05) is 6.92 Å². The number of amides is 1. The Kier molecular flexibility index (Phi) is 4.11. The molecule has 0 aliphatic heterocycles. The van der Waals surface area contributed by atoms with Crippen molar-refractivity contribution in [3.05, 3.63) is 0 Å². The fourth-order valence-electron chi connectivity index (χ4n) is 0.784. The smallest absolute Gasteiger partial charge is 0.336 e. The van der Waals surface area contributed by atoms with E-state index in [0.29, 0.717) is 6.92 Å². The number of nitrogens with one attached hydrogen (secondary N) is 1. The number of ketones is 1. The number of carbonyl (C=O) groups excluding carboxylic acids is 2. The first-order chi connectivity index (χ1) is 6.15. The molecule has 0 saturated heterocycles. The van der Waals surface area contributed by atoms with Crippen molar-refractivity contribution >= 4 is 27.6 Å². The molecule has 0 aliphatic carbocycles. The molecule has 0 heterocycles. The number of hydrogen-bond acceptors (Lipinski definition) is 2. The minimum atomic E-state index is -4.80. The van der Waals surface area contributed by atoms with E-state index in [1.165, 1.54) is 0 Å². The second-order valence-corrected chi connectivity index (χ2v) is 3.42. The molecule has 0 fully saturated rings. The van der Waals surface area contributed by atoms with Crippen LogP contribution in [-0.2, 0) is 9.59 Å². The van der Waals surface area contributed by atoms with Gasteiger partial charge >= 0.3 is 6.18 Å². The maximum atomic E-state index is 12.4. The second kappa shape index (κ2) is 4.29. The Morgan fingerprint density at radius 2 is 1.79 bits per heavy atom. The van der Waals surface area contributed by atoms with E-state index in [1.54, 1.807) is 5.32 Å². The predicted octanol–water partition coefficient (Wildman–Crippen LogP) is 1.41. The Morgan fingerprint density at radius 3 is 2.00 bits per heavy atom. The van der Waals surface area contributed by atoms with Crippen molar-refractivity contribution in [2.45, 2.75) is 25.6 Å². The molecule has 0 rings (SSSR count). The first kappa shape index (κ1) is 13.4.